The van der Waals surface area contributed by atoms with E-state index in [9.17, 15) is 4.79 Å². The van der Waals surface area contributed by atoms with Crippen LogP contribution in [0.1, 0.15) is 35.4 Å². The zero-order chi connectivity index (χ0) is 17.2. The third-order valence-electron chi connectivity index (χ3n) is 4.37. The second-order valence-electron chi connectivity index (χ2n) is 6.54. The Morgan fingerprint density at radius 1 is 1.42 bits per heavy atom. The smallest absolute Gasteiger partial charge is 0.253 e. The minimum Gasteiger partial charge on any atom is -0.338 e. The number of nitrogens with two attached hydrogens (primary N) is 1. The Kier molecular flexibility index (Phi) is 4.91. The van der Waals surface area contributed by atoms with Crippen molar-refractivity contribution in [3.8, 4) is 0 Å². The highest BCUT2D eigenvalue weighted by Gasteiger charge is 2.35. The molecule has 2 aromatic rings. The Morgan fingerprint density at radius 3 is 2.75 bits per heavy atom. The number of likely N-dealkylation sites (tertiary alicyclic amines) is 1. The molecule has 128 valence electrons. The molecule has 0 spiro atoms. The topological polar surface area (TPSA) is 85.2 Å². The van der Waals surface area contributed by atoms with Crippen molar-refractivity contribution in [3.63, 3.8) is 0 Å². The number of amides is 1. The summed E-state index contributed by atoms with van der Waals surface area (Å²) in [4.78, 5) is 19.7. The lowest BCUT2D eigenvalue weighted by molar-refractivity contribution is 0.0777. The van der Waals surface area contributed by atoms with Gasteiger partial charge < -0.3 is 15.2 Å². The van der Waals surface area contributed by atoms with Crippen molar-refractivity contribution in [1.82, 2.24) is 15.0 Å². The summed E-state index contributed by atoms with van der Waals surface area (Å²) in [5, 5.41) is 3.77. The highest BCUT2D eigenvalue weighted by Crippen LogP contribution is 2.30. The molecular formula is C17H22N4O2S. The summed E-state index contributed by atoms with van der Waals surface area (Å²) in [6, 6.07) is 7.67. The standard InChI is InChI=1S/C17H22N4O2S/c1-12-19-15(23-20-12)9-24-14-5-3-13(4-6-14)16(22)21-8-7-17(2,10-18)11-21/h3-6H,7-11,18H2,1-2H3. The Bertz CT molecular complexity index is 716. The minimum atomic E-state index is 0.0493. The van der Waals surface area contributed by atoms with E-state index in [1.54, 1.807) is 18.7 Å². The molecule has 1 unspecified atom stereocenters. The lowest BCUT2D eigenvalue weighted by atomic mass is 9.90. The van der Waals surface area contributed by atoms with E-state index in [0.717, 1.165) is 24.4 Å². The maximum absolute atomic E-state index is 12.6. The van der Waals surface area contributed by atoms with Crippen LogP contribution in [0.25, 0.3) is 0 Å². The second kappa shape index (κ2) is 6.94. The first-order chi connectivity index (χ1) is 11.5. The molecule has 3 rings (SSSR count). The number of aromatic nitrogens is 2. The zero-order valence-electron chi connectivity index (χ0n) is 14.0. The molecule has 1 aromatic heterocycles. The number of hydrogen-bond donors (Lipinski definition) is 1. The Labute approximate surface area is 145 Å². The lowest BCUT2D eigenvalue weighted by Gasteiger charge is -2.22. The number of hydrogen-bond acceptors (Lipinski definition) is 6. The van der Waals surface area contributed by atoms with Gasteiger partial charge in [0.15, 0.2) is 5.82 Å². The van der Waals surface area contributed by atoms with Gasteiger partial charge in [0.05, 0.1) is 5.75 Å². The van der Waals surface area contributed by atoms with Crippen LogP contribution in [-0.4, -0.2) is 40.6 Å². The number of carbonyl (C=O) groups excluding carboxylic acids is 1. The molecule has 2 N–H and O–H groups in total. The largest absolute Gasteiger partial charge is 0.338 e. The number of carbonyl (C=O) groups is 1. The quantitative estimate of drug-likeness (QED) is 0.837. The van der Waals surface area contributed by atoms with E-state index in [4.69, 9.17) is 10.3 Å². The second-order valence-corrected chi connectivity index (χ2v) is 7.59. The van der Waals surface area contributed by atoms with Gasteiger partial charge in [0, 0.05) is 23.5 Å². The van der Waals surface area contributed by atoms with Crippen LogP contribution in [0.3, 0.4) is 0 Å². The van der Waals surface area contributed by atoms with Crippen molar-refractivity contribution in [2.24, 2.45) is 11.1 Å². The van der Waals surface area contributed by atoms with Gasteiger partial charge >= 0.3 is 0 Å². The van der Waals surface area contributed by atoms with E-state index in [1.165, 1.54) is 0 Å². The van der Waals surface area contributed by atoms with Gasteiger partial charge in [-0.05, 0) is 49.6 Å². The Hall–Kier alpha value is -1.86. The monoisotopic (exact) mass is 346 g/mol. The van der Waals surface area contributed by atoms with Crippen molar-refractivity contribution >= 4 is 17.7 Å². The number of rotatable bonds is 5. The van der Waals surface area contributed by atoms with Gasteiger partial charge in [0.1, 0.15) is 0 Å². The SMILES string of the molecule is Cc1noc(CSc2ccc(C(=O)N3CCC(C)(CN)C3)cc2)n1. The number of aryl methyl sites for hydroxylation is 1. The van der Waals surface area contributed by atoms with Crippen LogP contribution in [0.4, 0.5) is 0 Å². The summed E-state index contributed by atoms with van der Waals surface area (Å²) in [6.45, 7) is 6.06. The normalized spacial score (nSPS) is 20.5. The molecule has 6 nitrogen and oxygen atoms in total. The van der Waals surface area contributed by atoms with E-state index in [1.807, 2.05) is 29.2 Å². The average Bonchev–Trinajstić information content (AvgIpc) is 3.19. The van der Waals surface area contributed by atoms with Gasteiger partial charge in [-0.25, -0.2) is 0 Å². The van der Waals surface area contributed by atoms with E-state index in [-0.39, 0.29) is 11.3 Å². The molecule has 0 radical (unpaired) electrons. The van der Waals surface area contributed by atoms with Crippen LogP contribution in [-0.2, 0) is 5.75 Å². The average molecular weight is 346 g/mol. The van der Waals surface area contributed by atoms with Crippen LogP contribution in [0, 0.1) is 12.3 Å². The first-order valence-electron chi connectivity index (χ1n) is 8.00. The fourth-order valence-electron chi connectivity index (χ4n) is 2.78. The van der Waals surface area contributed by atoms with Crippen molar-refractivity contribution in [3.05, 3.63) is 41.5 Å². The third-order valence-corrected chi connectivity index (χ3v) is 5.37. The molecule has 0 bridgehead atoms. The summed E-state index contributed by atoms with van der Waals surface area (Å²) in [5.74, 6) is 1.95. The number of benzene rings is 1. The molecule has 0 saturated carbocycles. The van der Waals surface area contributed by atoms with Gasteiger partial charge in [-0.2, -0.15) is 4.98 Å². The van der Waals surface area contributed by atoms with Gasteiger partial charge in [0.25, 0.3) is 5.91 Å². The maximum Gasteiger partial charge on any atom is 0.253 e. The van der Waals surface area contributed by atoms with Crippen LogP contribution in [0.2, 0.25) is 0 Å². The molecule has 1 aliphatic heterocycles. The Morgan fingerprint density at radius 2 is 2.17 bits per heavy atom. The molecule has 1 aliphatic rings. The van der Waals surface area contributed by atoms with Gasteiger partial charge in [0.2, 0.25) is 5.89 Å². The molecule has 1 aromatic carbocycles. The van der Waals surface area contributed by atoms with Gasteiger partial charge in [-0.1, -0.05) is 12.1 Å². The highest BCUT2D eigenvalue weighted by molar-refractivity contribution is 7.98. The predicted molar refractivity (Wildman–Crippen MR) is 92.7 cm³/mol. The van der Waals surface area contributed by atoms with Crippen LogP contribution < -0.4 is 5.73 Å². The summed E-state index contributed by atoms with van der Waals surface area (Å²) in [6.07, 6.45) is 0.965. The fourth-order valence-corrected chi connectivity index (χ4v) is 3.52. The molecule has 1 fully saturated rings. The molecule has 1 atom stereocenters. The van der Waals surface area contributed by atoms with Crippen molar-refractivity contribution in [1.29, 1.82) is 0 Å². The maximum atomic E-state index is 12.6. The first kappa shape index (κ1) is 17.0. The third kappa shape index (κ3) is 3.79. The minimum absolute atomic E-state index is 0.0493. The molecular weight excluding hydrogens is 324 g/mol. The molecule has 7 heteroatoms. The number of nitrogens with zero attached hydrogens (tertiary/aromatic N) is 3. The molecule has 24 heavy (non-hydrogen) atoms. The van der Waals surface area contributed by atoms with Crippen LogP contribution >= 0.6 is 11.8 Å². The van der Waals surface area contributed by atoms with Crippen LogP contribution in [0.5, 0.6) is 0 Å². The van der Waals surface area contributed by atoms with Gasteiger partial charge in [-0.15, -0.1) is 11.8 Å². The van der Waals surface area contributed by atoms with Crippen molar-refractivity contribution < 1.29 is 9.32 Å². The van der Waals surface area contributed by atoms with Crippen molar-refractivity contribution in [2.75, 3.05) is 19.6 Å². The molecule has 1 saturated heterocycles. The highest BCUT2D eigenvalue weighted by atomic mass is 32.2. The zero-order valence-corrected chi connectivity index (χ0v) is 14.8. The summed E-state index contributed by atoms with van der Waals surface area (Å²) < 4.78 is 5.09. The number of thioether (sulfide) groups is 1. The molecule has 1 amide bonds. The van der Waals surface area contributed by atoms with Crippen molar-refractivity contribution in [2.45, 2.75) is 30.9 Å². The fraction of sp³-hybridized carbons (Fsp3) is 0.471. The first-order valence-corrected chi connectivity index (χ1v) is 8.99. The summed E-state index contributed by atoms with van der Waals surface area (Å²) in [5.41, 5.74) is 6.58. The lowest BCUT2D eigenvalue weighted by Crippen LogP contribution is -2.34. The summed E-state index contributed by atoms with van der Waals surface area (Å²) in [7, 11) is 0. The van der Waals surface area contributed by atoms with Gasteiger partial charge in [-0.3, -0.25) is 4.79 Å². The Balaban J connectivity index is 1.59. The molecule has 2 heterocycles. The van der Waals surface area contributed by atoms with Crippen LogP contribution in [0.15, 0.2) is 33.7 Å². The van der Waals surface area contributed by atoms with E-state index < -0.39 is 0 Å². The van der Waals surface area contributed by atoms with E-state index in [2.05, 4.69) is 17.1 Å². The van der Waals surface area contributed by atoms with E-state index in [0.29, 0.717) is 29.6 Å². The molecule has 0 aliphatic carbocycles. The summed E-state index contributed by atoms with van der Waals surface area (Å²) >= 11 is 1.61. The van der Waals surface area contributed by atoms with E-state index >= 15 is 0 Å². The predicted octanol–water partition coefficient (Wildman–Crippen LogP) is 2.48.